The molecule has 0 saturated heterocycles. The first-order chi connectivity index (χ1) is 8.54. The van der Waals surface area contributed by atoms with Gasteiger partial charge in [0.25, 0.3) is 0 Å². The largest absolute Gasteiger partial charge is 0.496 e. The average Bonchev–Trinajstić information content (AvgIpc) is 2.70. The van der Waals surface area contributed by atoms with Crippen molar-refractivity contribution in [2.24, 2.45) is 0 Å². The Morgan fingerprint density at radius 3 is 2.83 bits per heavy atom. The van der Waals surface area contributed by atoms with Gasteiger partial charge >= 0.3 is 5.97 Å². The van der Waals surface area contributed by atoms with Gasteiger partial charge in [-0.05, 0) is 25.1 Å². The molecular weight excluding hydrogens is 302 g/mol. The maximum Gasteiger partial charge on any atom is 0.341 e. The molecule has 0 bridgehead atoms. The normalized spacial score (nSPS) is 10.4. The fourth-order valence-electron chi connectivity index (χ4n) is 1.66. The van der Waals surface area contributed by atoms with Gasteiger partial charge in [-0.2, -0.15) is 0 Å². The molecule has 2 aromatic rings. The molecule has 0 spiro atoms. The summed E-state index contributed by atoms with van der Waals surface area (Å²) in [6.07, 6.45) is 0. The molecule has 0 aliphatic heterocycles. The lowest BCUT2D eigenvalue weighted by Crippen LogP contribution is -1.99. The Hall–Kier alpha value is -1.82. The van der Waals surface area contributed by atoms with Crippen LogP contribution < -0.4 is 4.74 Å². The number of hydrogen-bond donors (Lipinski definition) is 1. The van der Waals surface area contributed by atoms with Gasteiger partial charge in [-0.1, -0.05) is 21.1 Å². The molecular formula is C12H10BrNO4. The summed E-state index contributed by atoms with van der Waals surface area (Å²) in [5.41, 5.74) is 0.941. The number of methoxy groups -OCH3 is 1. The summed E-state index contributed by atoms with van der Waals surface area (Å²) in [6.45, 7) is 1.59. The van der Waals surface area contributed by atoms with E-state index in [9.17, 15) is 4.79 Å². The molecule has 1 N–H and O–H groups in total. The van der Waals surface area contributed by atoms with Crippen LogP contribution in [0.15, 0.2) is 27.2 Å². The highest BCUT2D eigenvalue weighted by atomic mass is 79.9. The zero-order valence-electron chi connectivity index (χ0n) is 9.73. The zero-order chi connectivity index (χ0) is 13.3. The van der Waals surface area contributed by atoms with Crippen molar-refractivity contribution in [1.29, 1.82) is 0 Å². The van der Waals surface area contributed by atoms with Crippen LogP contribution in [0.4, 0.5) is 0 Å². The summed E-state index contributed by atoms with van der Waals surface area (Å²) in [7, 11) is 1.51. The van der Waals surface area contributed by atoms with Gasteiger partial charge in [0.1, 0.15) is 11.3 Å². The minimum atomic E-state index is -1.08. The first-order valence-electron chi connectivity index (χ1n) is 5.08. The van der Waals surface area contributed by atoms with Crippen molar-refractivity contribution in [1.82, 2.24) is 5.16 Å². The van der Waals surface area contributed by atoms with Gasteiger partial charge in [-0.25, -0.2) is 4.79 Å². The van der Waals surface area contributed by atoms with E-state index in [2.05, 4.69) is 21.1 Å². The van der Waals surface area contributed by atoms with Gasteiger partial charge in [-0.15, -0.1) is 0 Å². The summed E-state index contributed by atoms with van der Waals surface area (Å²) in [6, 6.07) is 5.23. The van der Waals surface area contributed by atoms with Gasteiger partial charge < -0.3 is 14.4 Å². The van der Waals surface area contributed by atoms with E-state index in [1.165, 1.54) is 7.11 Å². The number of hydrogen-bond acceptors (Lipinski definition) is 4. The number of carbonyl (C=O) groups is 1. The van der Waals surface area contributed by atoms with Crippen molar-refractivity contribution in [2.75, 3.05) is 7.11 Å². The van der Waals surface area contributed by atoms with Crippen molar-refractivity contribution in [3.05, 3.63) is 33.9 Å². The zero-order valence-corrected chi connectivity index (χ0v) is 11.3. The lowest BCUT2D eigenvalue weighted by atomic mass is 10.1. The molecule has 0 amide bonds. The number of rotatable bonds is 3. The van der Waals surface area contributed by atoms with Gasteiger partial charge in [0.2, 0.25) is 0 Å². The Morgan fingerprint density at radius 2 is 2.22 bits per heavy atom. The Labute approximate surface area is 111 Å². The molecule has 0 aliphatic rings. The first kappa shape index (κ1) is 12.6. The standard InChI is InChI=1S/C12H10BrNO4/c1-6-10(12(15)16)11(18-14-6)8-4-3-7(13)5-9(8)17-2/h3-5H,1-2H3,(H,15,16). The minimum absolute atomic E-state index is 0.0515. The smallest absolute Gasteiger partial charge is 0.341 e. The van der Waals surface area contributed by atoms with Gasteiger partial charge in [-0.3, -0.25) is 0 Å². The van der Waals surface area contributed by atoms with E-state index in [-0.39, 0.29) is 11.3 Å². The van der Waals surface area contributed by atoms with E-state index in [1.807, 2.05) is 0 Å². The maximum absolute atomic E-state index is 11.2. The van der Waals surface area contributed by atoms with Crippen LogP contribution in [-0.4, -0.2) is 23.3 Å². The Kier molecular flexibility index (Phi) is 3.38. The second-order valence-electron chi connectivity index (χ2n) is 3.62. The number of carboxylic acids is 1. The van der Waals surface area contributed by atoms with E-state index in [4.69, 9.17) is 14.4 Å². The van der Waals surface area contributed by atoms with Gasteiger partial charge in [0, 0.05) is 4.47 Å². The van der Waals surface area contributed by atoms with Crippen LogP contribution in [0.25, 0.3) is 11.3 Å². The fraction of sp³-hybridized carbons (Fsp3) is 0.167. The molecule has 0 atom stereocenters. The predicted molar refractivity (Wildman–Crippen MR) is 67.9 cm³/mol. The molecule has 1 aromatic carbocycles. The van der Waals surface area contributed by atoms with Crippen LogP contribution in [0.5, 0.6) is 5.75 Å². The monoisotopic (exact) mass is 311 g/mol. The molecule has 0 fully saturated rings. The summed E-state index contributed by atoms with van der Waals surface area (Å²) in [5, 5.41) is 12.9. The molecule has 1 aromatic heterocycles. The number of ether oxygens (including phenoxy) is 1. The summed E-state index contributed by atoms with van der Waals surface area (Å²) >= 11 is 3.32. The molecule has 6 heteroatoms. The molecule has 1 heterocycles. The number of aromatic carboxylic acids is 1. The van der Waals surface area contributed by atoms with E-state index < -0.39 is 5.97 Å². The number of nitrogens with zero attached hydrogens (tertiary/aromatic N) is 1. The first-order valence-corrected chi connectivity index (χ1v) is 5.87. The van der Waals surface area contributed by atoms with Crippen LogP contribution in [0.3, 0.4) is 0 Å². The van der Waals surface area contributed by atoms with E-state index >= 15 is 0 Å². The highest BCUT2D eigenvalue weighted by molar-refractivity contribution is 9.10. The van der Waals surface area contributed by atoms with Crippen LogP contribution in [0.2, 0.25) is 0 Å². The molecule has 5 nitrogen and oxygen atoms in total. The molecule has 0 radical (unpaired) electrons. The Balaban J connectivity index is 2.66. The number of aromatic nitrogens is 1. The topological polar surface area (TPSA) is 72.6 Å². The third kappa shape index (κ3) is 2.11. The van der Waals surface area contributed by atoms with E-state index in [0.29, 0.717) is 17.0 Å². The molecule has 2 rings (SSSR count). The van der Waals surface area contributed by atoms with E-state index in [0.717, 1.165) is 4.47 Å². The summed E-state index contributed by atoms with van der Waals surface area (Å²) in [4.78, 5) is 11.2. The van der Waals surface area contributed by atoms with Crippen molar-refractivity contribution < 1.29 is 19.2 Å². The lowest BCUT2D eigenvalue weighted by molar-refractivity contribution is 0.0696. The lowest BCUT2D eigenvalue weighted by Gasteiger charge is -2.06. The quantitative estimate of drug-likeness (QED) is 0.942. The third-order valence-corrected chi connectivity index (χ3v) is 2.98. The van der Waals surface area contributed by atoms with Gasteiger partial charge in [0.05, 0.1) is 18.4 Å². The van der Waals surface area contributed by atoms with Gasteiger partial charge in [0.15, 0.2) is 5.76 Å². The number of benzene rings is 1. The highest BCUT2D eigenvalue weighted by Gasteiger charge is 2.23. The third-order valence-electron chi connectivity index (χ3n) is 2.48. The molecule has 0 unspecified atom stereocenters. The van der Waals surface area contributed by atoms with Crippen LogP contribution >= 0.6 is 15.9 Å². The number of halogens is 1. The molecule has 0 saturated carbocycles. The Bertz CT molecular complexity index is 606. The molecule has 94 valence electrons. The Morgan fingerprint density at radius 1 is 1.50 bits per heavy atom. The van der Waals surface area contributed by atoms with Crippen LogP contribution in [0, 0.1) is 6.92 Å². The summed E-state index contributed by atoms with van der Waals surface area (Å²) in [5.74, 6) is -0.360. The number of aryl methyl sites for hydroxylation is 1. The maximum atomic E-state index is 11.2. The molecule has 18 heavy (non-hydrogen) atoms. The van der Waals surface area contributed by atoms with Crippen molar-refractivity contribution in [2.45, 2.75) is 6.92 Å². The van der Waals surface area contributed by atoms with Crippen molar-refractivity contribution in [3.8, 4) is 17.1 Å². The number of carboxylic acid groups (broad SMARTS) is 1. The van der Waals surface area contributed by atoms with E-state index in [1.54, 1.807) is 25.1 Å². The molecule has 0 aliphatic carbocycles. The van der Waals surface area contributed by atoms with Crippen LogP contribution in [0.1, 0.15) is 16.1 Å². The SMILES string of the molecule is COc1cc(Br)ccc1-c1onc(C)c1C(=O)O. The second-order valence-corrected chi connectivity index (χ2v) is 4.54. The second kappa shape index (κ2) is 4.81. The predicted octanol–water partition coefficient (Wildman–Crippen LogP) is 3.12. The fourth-order valence-corrected chi connectivity index (χ4v) is 2.00. The van der Waals surface area contributed by atoms with Crippen molar-refractivity contribution in [3.63, 3.8) is 0 Å². The minimum Gasteiger partial charge on any atom is -0.496 e. The highest BCUT2D eigenvalue weighted by Crippen LogP contribution is 2.35. The van der Waals surface area contributed by atoms with Crippen LogP contribution in [-0.2, 0) is 0 Å². The average molecular weight is 312 g/mol. The van der Waals surface area contributed by atoms with Crippen molar-refractivity contribution >= 4 is 21.9 Å². The summed E-state index contributed by atoms with van der Waals surface area (Å²) < 4.78 is 11.1.